The summed E-state index contributed by atoms with van der Waals surface area (Å²) in [6.07, 6.45) is 5.28. The predicted octanol–water partition coefficient (Wildman–Crippen LogP) is 3.29. The van der Waals surface area contributed by atoms with E-state index < -0.39 is 0 Å². The van der Waals surface area contributed by atoms with E-state index in [1.54, 1.807) is 0 Å². The summed E-state index contributed by atoms with van der Waals surface area (Å²) < 4.78 is 0. The van der Waals surface area contributed by atoms with E-state index in [-0.39, 0.29) is 5.41 Å². The molecule has 1 unspecified atom stereocenters. The zero-order valence-electron chi connectivity index (χ0n) is 10.3. The molecular weight excluding hydrogens is 184 g/mol. The van der Waals surface area contributed by atoms with E-state index in [1.165, 1.54) is 12.0 Å². The molecule has 1 aromatic rings. The second kappa shape index (κ2) is 3.03. The van der Waals surface area contributed by atoms with E-state index in [2.05, 4.69) is 44.6 Å². The molecule has 1 fully saturated rings. The summed E-state index contributed by atoms with van der Waals surface area (Å²) in [4.78, 5) is 8.93. The van der Waals surface area contributed by atoms with Crippen LogP contribution in [0.5, 0.6) is 0 Å². The van der Waals surface area contributed by atoms with Gasteiger partial charge >= 0.3 is 0 Å². The predicted molar refractivity (Wildman–Crippen MR) is 61.9 cm³/mol. The molecule has 0 bridgehead atoms. The summed E-state index contributed by atoms with van der Waals surface area (Å²) >= 11 is 0. The Hall–Kier alpha value is -0.920. The molecule has 1 aromatic heterocycles. The standard InChI is InChI=1S/C13H20N2/c1-12(2,3)11-14-7-9(8-15-11)10-6-13(10,4)5/h7-8,10H,6H2,1-5H3. The average Bonchev–Trinajstić information content (AvgIpc) is 2.74. The van der Waals surface area contributed by atoms with Gasteiger partial charge in [0.15, 0.2) is 0 Å². The maximum atomic E-state index is 4.47. The summed E-state index contributed by atoms with van der Waals surface area (Å²) in [5, 5.41) is 0. The molecule has 0 saturated heterocycles. The molecule has 1 aliphatic rings. The molecule has 1 saturated carbocycles. The van der Waals surface area contributed by atoms with E-state index in [0.29, 0.717) is 11.3 Å². The minimum absolute atomic E-state index is 0.0532. The fraction of sp³-hybridized carbons (Fsp3) is 0.692. The van der Waals surface area contributed by atoms with Crippen molar-refractivity contribution in [3.8, 4) is 0 Å². The van der Waals surface area contributed by atoms with Crippen LogP contribution in [0.3, 0.4) is 0 Å². The molecule has 0 N–H and O–H groups in total. The molecule has 1 aliphatic carbocycles. The lowest BCUT2D eigenvalue weighted by Crippen LogP contribution is -2.15. The van der Waals surface area contributed by atoms with Gasteiger partial charge < -0.3 is 0 Å². The van der Waals surface area contributed by atoms with Crippen LogP contribution in [0.25, 0.3) is 0 Å². The normalized spacial score (nSPS) is 23.9. The van der Waals surface area contributed by atoms with Crippen molar-refractivity contribution < 1.29 is 0 Å². The summed E-state index contributed by atoms with van der Waals surface area (Å²) in [5.74, 6) is 1.61. The maximum Gasteiger partial charge on any atom is 0.133 e. The van der Waals surface area contributed by atoms with Crippen LogP contribution in [0.1, 0.15) is 58.3 Å². The molecule has 1 atom stereocenters. The van der Waals surface area contributed by atoms with Gasteiger partial charge in [-0.05, 0) is 23.3 Å². The van der Waals surface area contributed by atoms with Crippen LogP contribution in [0.4, 0.5) is 0 Å². The molecule has 0 amide bonds. The van der Waals surface area contributed by atoms with Crippen molar-refractivity contribution in [2.45, 2.75) is 52.4 Å². The quantitative estimate of drug-likeness (QED) is 0.701. The topological polar surface area (TPSA) is 25.8 Å². The molecule has 15 heavy (non-hydrogen) atoms. The first-order chi connectivity index (χ1) is 6.81. The lowest BCUT2D eigenvalue weighted by Gasteiger charge is -2.16. The first kappa shape index (κ1) is 10.6. The third kappa shape index (κ3) is 2.04. The van der Waals surface area contributed by atoms with Gasteiger partial charge in [-0.3, -0.25) is 0 Å². The zero-order valence-corrected chi connectivity index (χ0v) is 10.3. The Morgan fingerprint density at radius 3 is 2.00 bits per heavy atom. The number of hydrogen-bond acceptors (Lipinski definition) is 2. The average molecular weight is 204 g/mol. The molecule has 0 aliphatic heterocycles. The van der Waals surface area contributed by atoms with Gasteiger partial charge in [0.25, 0.3) is 0 Å². The Labute approximate surface area is 92.1 Å². The zero-order chi connectivity index (χ0) is 11.3. The summed E-state index contributed by atoms with van der Waals surface area (Å²) in [6.45, 7) is 11.0. The Morgan fingerprint density at radius 1 is 1.20 bits per heavy atom. The van der Waals surface area contributed by atoms with Crippen LogP contribution in [0.2, 0.25) is 0 Å². The Kier molecular flexibility index (Phi) is 2.14. The fourth-order valence-corrected chi connectivity index (χ4v) is 1.94. The van der Waals surface area contributed by atoms with Gasteiger partial charge in [-0.15, -0.1) is 0 Å². The molecule has 2 nitrogen and oxygen atoms in total. The van der Waals surface area contributed by atoms with Crippen molar-refractivity contribution in [2.75, 3.05) is 0 Å². The first-order valence-corrected chi connectivity index (χ1v) is 5.63. The van der Waals surface area contributed by atoms with Crippen molar-refractivity contribution in [3.63, 3.8) is 0 Å². The van der Waals surface area contributed by atoms with Crippen molar-refractivity contribution in [3.05, 3.63) is 23.8 Å². The maximum absolute atomic E-state index is 4.47. The van der Waals surface area contributed by atoms with Crippen molar-refractivity contribution in [1.82, 2.24) is 9.97 Å². The monoisotopic (exact) mass is 204 g/mol. The van der Waals surface area contributed by atoms with Gasteiger partial charge in [0.1, 0.15) is 5.82 Å². The molecule has 0 aromatic carbocycles. The van der Waals surface area contributed by atoms with E-state index in [0.717, 1.165) is 5.82 Å². The number of nitrogens with zero attached hydrogens (tertiary/aromatic N) is 2. The highest BCUT2D eigenvalue weighted by Crippen LogP contribution is 2.58. The molecule has 1 heterocycles. The van der Waals surface area contributed by atoms with Crippen LogP contribution < -0.4 is 0 Å². The van der Waals surface area contributed by atoms with Crippen molar-refractivity contribution in [2.24, 2.45) is 5.41 Å². The number of aromatic nitrogens is 2. The molecule has 0 spiro atoms. The summed E-state index contributed by atoms with van der Waals surface area (Å²) in [5.41, 5.74) is 1.82. The minimum Gasteiger partial charge on any atom is -0.241 e. The highest BCUT2D eigenvalue weighted by molar-refractivity contribution is 5.24. The second-order valence-electron chi connectivity index (χ2n) is 6.34. The molecular formula is C13H20N2. The highest BCUT2D eigenvalue weighted by atomic mass is 14.9. The lowest BCUT2D eigenvalue weighted by atomic mass is 9.95. The highest BCUT2D eigenvalue weighted by Gasteiger charge is 2.46. The lowest BCUT2D eigenvalue weighted by molar-refractivity contribution is 0.542. The van der Waals surface area contributed by atoms with E-state index in [1.807, 2.05) is 12.4 Å². The molecule has 0 radical (unpaired) electrons. The Morgan fingerprint density at radius 2 is 1.67 bits per heavy atom. The van der Waals surface area contributed by atoms with Crippen LogP contribution in [-0.4, -0.2) is 9.97 Å². The Bertz CT molecular complexity index is 357. The largest absolute Gasteiger partial charge is 0.241 e. The van der Waals surface area contributed by atoms with Crippen LogP contribution in [0.15, 0.2) is 12.4 Å². The second-order valence-corrected chi connectivity index (χ2v) is 6.34. The Balaban J connectivity index is 2.19. The fourth-order valence-electron chi connectivity index (χ4n) is 1.94. The van der Waals surface area contributed by atoms with Gasteiger partial charge in [0.05, 0.1) is 0 Å². The van der Waals surface area contributed by atoms with Gasteiger partial charge in [-0.25, -0.2) is 9.97 Å². The number of hydrogen-bond donors (Lipinski definition) is 0. The van der Waals surface area contributed by atoms with Gasteiger partial charge in [-0.1, -0.05) is 34.6 Å². The summed E-state index contributed by atoms with van der Waals surface area (Å²) in [7, 11) is 0. The van der Waals surface area contributed by atoms with E-state index in [9.17, 15) is 0 Å². The smallest absolute Gasteiger partial charge is 0.133 e. The van der Waals surface area contributed by atoms with Gasteiger partial charge in [-0.2, -0.15) is 0 Å². The summed E-state index contributed by atoms with van der Waals surface area (Å²) in [6, 6.07) is 0. The third-order valence-corrected chi connectivity index (χ3v) is 3.26. The molecule has 2 rings (SSSR count). The molecule has 82 valence electrons. The van der Waals surface area contributed by atoms with Crippen LogP contribution in [-0.2, 0) is 5.41 Å². The van der Waals surface area contributed by atoms with Gasteiger partial charge in [0.2, 0.25) is 0 Å². The van der Waals surface area contributed by atoms with E-state index in [4.69, 9.17) is 0 Å². The third-order valence-electron chi connectivity index (χ3n) is 3.26. The van der Waals surface area contributed by atoms with Crippen LogP contribution in [0, 0.1) is 5.41 Å². The first-order valence-electron chi connectivity index (χ1n) is 5.63. The number of rotatable bonds is 1. The van der Waals surface area contributed by atoms with Crippen LogP contribution >= 0.6 is 0 Å². The van der Waals surface area contributed by atoms with Crippen molar-refractivity contribution in [1.29, 1.82) is 0 Å². The van der Waals surface area contributed by atoms with Gasteiger partial charge in [0, 0.05) is 17.8 Å². The molecule has 2 heteroatoms. The van der Waals surface area contributed by atoms with Crippen molar-refractivity contribution >= 4 is 0 Å². The minimum atomic E-state index is 0.0532. The SMILES string of the molecule is CC(C)(C)c1ncc(C2CC2(C)C)cn1. The van der Waals surface area contributed by atoms with E-state index >= 15 is 0 Å².